The van der Waals surface area contributed by atoms with Gasteiger partial charge in [-0.1, -0.05) is 80.5 Å². The minimum atomic E-state index is -1.12. The number of carbonyl (C=O) groups is 2. The normalized spacial score (nSPS) is 15.0. The molecule has 8 nitrogen and oxygen atoms in total. The van der Waals surface area contributed by atoms with E-state index in [2.05, 4.69) is 13.8 Å². The number of hydrogen-bond acceptors (Lipinski definition) is 7. The summed E-state index contributed by atoms with van der Waals surface area (Å²) in [6, 6.07) is 15.3. The minimum absolute atomic E-state index is 0.00339. The summed E-state index contributed by atoms with van der Waals surface area (Å²) < 4.78 is 13.4. The van der Waals surface area contributed by atoms with E-state index in [4.69, 9.17) is 25.7 Å². The first-order chi connectivity index (χ1) is 20.6. The summed E-state index contributed by atoms with van der Waals surface area (Å²) in [6.07, 6.45) is 2.97. The molecule has 0 fully saturated rings. The predicted octanol–water partition coefficient (Wildman–Crippen LogP) is 6.31. The highest BCUT2D eigenvalue weighted by molar-refractivity contribution is 7.07. The largest absolute Gasteiger partial charge is 0.478 e. The highest BCUT2D eigenvalue weighted by Crippen LogP contribution is 2.33. The van der Waals surface area contributed by atoms with Crippen molar-refractivity contribution in [1.29, 1.82) is 0 Å². The van der Waals surface area contributed by atoms with Crippen LogP contribution in [0.15, 0.2) is 80.1 Å². The van der Waals surface area contributed by atoms with Crippen LogP contribution < -0.4 is 14.9 Å². The van der Waals surface area contributed by atoms with Crippen molar-refractivity contribution in [2.45, 2.75) is 52.5 Å². The molecular formula is C33H31ClN2O6S. The molecular weight excluding hydrogens is 588 g/mol. The van der Waals surface area contributed by atoms with Crippen molar-refractivity contribution in [2.75, 3.05) is 6.61 Å². The summed E-state index contributed by atoms with van der Waals surface area (Å²) in [5.74, 6) is -0.374. The first-order valence-electron chi connectivity index (χ1n) is 14.1. The van der Waals surface area contributed by atoms with Crippen molar-refractivity contribution < 1.29 is 23.8 Å². The Balaban J connectivity index is 1.63. The Labute approximate surface area is 257 Å². The number of carboxylic acid groups (broad SMARTS) is 1. The topological polar surface area (TPSA) is 111 Å². The van der Waals surface area contributed by atoms with Gasteiger partial charge in [-0.15, -0.1) is 0 Å². The zero-order valence-electron chi connectivity index (χ0n) is 24.2. The number of furan rings is 1. The summed E-state index contributed by atoms with van der Waals surface area (Å²) >= 11 is 7.37. The third kappa shape index (κ3) is 6.00. The van der Waals surface area contributed by atoms with E-state index < -0.39 is 18.0 Å². The third-order valence-electron chi connectivity index (χ3n) is 7.20. The van der Waals surface area contributed by atoms with Crippen molar-refractivity contribution in [3.05, 3.63) is 113 Å². The van der Waals surface area contributed by atoms with Crippen LogP contribution in [0.25, 0.3) is 17.4 Å². The van der Waals surface area contributed by atoms with Crippen molar-refractivity contribution in [3.63, 3.8) is 0 Å². The second kappa shape index (κ2) is 12.6. The summed E-state index contributed by atoms with van der Waals surface area (Å²) in [5, 5.41) is 9.35. The molecule has 222 valence electrons. The number of rotatable bonds is 9. The van der Waals surface area contributed by atoms with E-state index in [1.165, 1.54) is 23.5 Å². The standard InChI is InChI=1S/C33H31ClN2O6S/c1-5-7-25-28(32(40)41-6-2)29(20-10-8-19(9-11-20)18(3)4)36-30(37)27(43-33(36)35-25)17-22-13-15-26(42-22)21-12-14-23(31(38)39)24(34)16-21/h8-18,29H,5-7H2,1-4H3,(H,38,39)/b27-17-/t29-/m0/s1. The number of ether oxygens (including phenoxy) is 1. The first-order valence-corrected chi connectivity index (χ1v) is 15.3. The number of halogens is 1. The number of fused-ring (bicyclic) bond motifs is 1. The maximum atomic E-state index is 14.0. The Bertz CT molecular complexity index is 1910. The molecule has 1 atom stereocenters. The highest BCUT2D eigenvalue weighted by atomic mass is 35.5. The van der Waals surface area contributed by atoms with E-state index >= 15 is 0 Å². The molecule has 2 aromatic heterocycles. The summed E-state index contributed by atoms with van der Waals surface area (Å²) in [7, 11) is 0. The number of carbonyl (C=O) groups excluding carboxylic acids is 1. The van der Waals surface area contributed by atoms with Crippen molar-refractivity contribution >= 4 is 41.0 Å². The lowest BCUT2D eigenvalue weighted by molar-refractivity contribution is -0.139. The van der Waals surface area contributed by atoms with Gasteiger partial charge in [-0.2, -0.15) is 0 Å². The van der Waals surface area contributed by atoms with Crippen LogP contribution >= 0.6 is 22.9 Å². The van der Waals surface area contributed by atoms with E-state index in [9.17, 15) is 19.5 Å². The Morgan fingerprint density at radius 1 is 1.14 bits per heavy atom. The Hall–Kier alpha value is -4.21. The molecule has 0 spiro atoms. The van der Waals surface area contributed by atoms with Crippen molar-refractivity contribution in [3.8, 4) is 11.3 Å². The van der Waals surface area contributed by atoms with Crippen LogP contribution in [0.4, 0.5) is 0 Å². The van der Waals surface area contributed by atoms with Gasteiger partial charge >= 0.3 is 11.9 Å². The SMILES string of the molecule is CCCC1=C(C(=O)OCC)[C@H](c2ccc(C(C)C)cc2)n2c(s/c(=C\c3ccc(-c4ccc(C(=O)O)c(Cl)c4)o3)c2=O)=N1. The number of hydrogen-bond donors (Lipinski definition) is 1. The lowest BCUT2D eigenvalue weighted by atomic mass is 9.92. The molecule has 0 unspecified atom stereocenters. The van der Waals surface area contributed by atoms with Crippen molar-refractivity contribution in [1.82, 2.24) is 4.57 Å². The van der Waals surface area contributed by atoms with Gasteiger partial charge in [-0.3, -0.25) is 9.36 Å². The number of nitrogens with zero attached hydrogens (tertiary/aromatic N) is 2. The number of allylic oxidation sites excluding steroid dienone is 1. The quantitative estimate of drug-likeness (QED) is 0.220. The van der Waals surface area contributed by atoms with Gasteiger partial charge in [0.15, 0.2) is 4.80 Å². The molecule has 43 heavy (non-hydrogen) atoms. The van der Waals surface area contributed by atoms with Gasteiger partial charge < -0.3 is 14.3 Å². The maximum Gasteiger partial charge on any atom is 0.338 e. The molecule has 4 aromatic rings. The lowest BCUT2D eigenvalue weighted by Crippen LogP contribution is -2.40. The van der Waals surface area contributed by atoms with Gasteiger partial charge in [-0.05, 0) is 54.7 Å². The molecule has 0 radical (unpaired) electrons. The number of carboxylic acids is 1. The fraction of sp³-hybridized carbons (Fsp3) is 0.273. The van der Waals surface area contributed by atoms with Crippen molar-refractivity contribution in [2.24, 2.45) is 4.99 Å². The lowest BCUT2D eigenvalue weighted by Gasteiger charge is -2.26. The van der Waals surface area contributed by atoms with Crippen LogP contribution in [-0.2, 0) is 9.53 Å². The van der Waals surface area contributed by atoms with Crippen LogP contribution in [0.5, 0.6) is 0 Å². The van der Waals surface area contributed by atoms with E-state index in [0.29, 0.717) is 50.0 Å². The molecule has 5 rings (SSSR count). The molecule has 0 amide bonds. The third-order valence-corrected chi connectivity index (χ3v) is 8.49. The summed E-state index contributed by atoms with van der Waals surface area (Å²) in [6.45, 7) is 8.20. The van der Waals surface area contributed by atoms with Gasteiger partial charge in [0.2, 0.25) is 0 Å². The van der Waals surface area contributed by atoms with Crippen LogP contribution in [0.3, 0.4) is 0 Å². The van der Waals surface area contributed by atoms with E-state index in [-0.39, 0.29) is 22.8 Å². The molecule has 1 aliphatic rings. The molecule has 3 heterocycles. The van der Waals surface area contributed by atoms with E-state index in [0.717, 1.165) is 17.5 Å². The summed E-state index contributed by atoms with van der Waals surface area (Å²) in [5.41, 5.74) is 3.24. The Morgan fingerprint density at radius 2 is 1.88 bits per heavy atom. The van der Waals surface area contributed by atoms with Crippen LogP contribution in [-0.4, -0.2) is 28.2 Å². The number of aromatic nitrogens is 1. The number of thiazole rings is 1. The van der Waals surface area contributed by atoms with Crippen LogP contribution in [0.1, 0.15) is 79.7 Å². The number of aromatic carboxylic acids is 1. The zero-order chi connectivity index (χ0) is 30.8. The molecule has 1 aliphatic heterocycles. The number of benzene rings is 2. The number of esters is 1. The van der Waals surface area contributed by atoms with E-state index in [1.807, 2.05) is 31.2 Å². The molecule has 0 saturated heterocycles. The Morgan fingerprint density at radius 3 is 2.51 bits per heavy atom. The maximum absolute atomic E-state index is 14.0. The first kappa shape index (κ1) is 30.3. The Kier molecular flexibility index (Phi) is 8.84. The average Bonchev–Trinajstić information content (AvgIpc) is 3.56. The van der Waals surface area contributed by atoms with Gasteiger partial charge in [0.25, 0.3) is 5.56 Å². The van der Waals surface area contributed by atoms with Gasteiger partial charge in [0.05, 0.1) is 39.0 Å². The predicted molar refractivity (Wildman–Crippen MR) is 166 cm³/mol. The highest BCUT2D eigenvalue weighted by Gasteiger charge is 2.34. The molecule has 2 aromatic carbocycles. The molecule has 0 bridgehead atoms. The second-order valence-electron chi connectivity index (χ2n) is 10.4. The fourth-order valence-electron chi connectivity index (χ4n) is 5.06. The average molecular weight is 619 g/mol. The smallest absolute Gasteiger partial charge is 0.338 e. The van der Waals surface area contributed by atoms with Gasteiger partial charge in [0, 0.05) is 11.6 Å². The fourth-order valence-corrected chi connectivity index (χ4v) is 6.32. The zero-order valence-corrected chi connectivity index (χ0v) is 25.8. The molecule has 0 saturated carbocycles. The summed E-state index contributed by atoms with van der Waals surface area (Å²) in [4.78, 5) is 44.0. The molecule has 10 heteroatoms. The molecule has 0 aliphatic carbocycles. The minimum Gasteiger partial charge on any atom is -0.478 e. The second-order valence-corrected chi connectivity index (χ2v) is 11.9. The monoisotopic (exact) mass is 618 g/mol. The van der Waals surface area contributed by atoms with Crippen LogP contribution in [0.2, 0.25) is 5.02 Å². The van der Waals surface area contributed by atoms with Gasteiger partial charge in [-0.25, -0.2) is 14.6 Å². The van der Waals surface area contributed by atoms with Crippen LogP contribution in [0, 0.1) is 0 Å². The van der Waals surface area contributed by atoms with Gasteiger partial charge in [0.1, 0.15) is 11.5 Å². The van der Waals surface area contributed by atoms with E-state index in [1.54, 1.807) is 35.8 Å². The molecule has 1 N–H and O–H groups in total.